The van der Waals surface area contributed by atoms with Crippen LogP contribution in [-0.2, 0) is 6.42 Å². The highest BCUT2D eigenvalue weighted by Gasteiger charge is 2.41. The molecule has 1 aliphatic carbocycles. The third-order valence-corrected chi connectivity index (χ3v) is 5.99. The van der Waals surface area contributed by atoms with Crippen LogP contribution >= 0.6 is 0 Å². The van der Waals surface area contributed by atoms with E-state index in [1.807, 2.05) is 0 Å². The summed E-state index contributed by atoms with van der Waals surface area (Å²) in [6.07, 6.45) is 3.26. The lowest BCUT2D eigenvalue weighted by atomic mass is 9.73. The van der Waals surface area contributed by atoms with E-state index >= 15 is 0 Å². The van der Waals surface area contributed by atoms with E-state index in [0.717, 1.165) is 32.4 Å². The molecule has 1 aromatic heterocycles. The molecule has 1 aliphatic heterocycles. The smallest absolute Gasteiger partial charge is 0.314 e. The SMILES string of the molecule is CCCN1C[C@@H](NC(=O)NC)C[C@@H]2c3cccc4[nH]c(C)c(c34)C[C@H]21. The van der Waals surface area contributed by atoms with Gasteiger partial charge in [0.25, 0.3) is 0 Å². The molecule has 3 N–H and O–H groups in total. The summed E-state index contributed by atoms with van der Waals surface area (Å²) >= 11 is 0. The second-order valence-corrected chi connectivity index (χ2v) is 7.53. The van der Waals surface area contributed by atoms with Gasteiger partial charge in [0, 0.05) is 48.2 Å². The lowest BCUT2D eigenvalue weighted by Crippen LogP contribution is -2.57. The van der Waals surface area contributed by atoms with Crippen molar-refractivity contribution in [3.63, 3.8) is 0 Å². The standard InChI is InChI=1S/C20H28N4O/c1-4-8-24-11-13(23-20(25)21-3)9-16-14-6-5-7-17-19(14)15(10-18(16)24)12(2)22-17/h5-7,13,16,18,22H,4,8-11H2,1-3H3,(H2,21,23,25)/t13-,16+,18+/m0/s1. The van der Waals surface area contributed by atoms with Crippen molar-refractivity contribution in [1.82, 2.24) is 20.5 Å². The van der Waals surface area contributed by atoms with Crippen LogP contribution in [0.1, 0.15) is 42.5 Å². The number of carbonyl (C=O) groups excluding carboxylic acids is 1. The van der Waals surface area contributed by atoms with E-state index in [0.29, 0.717) is 12.0 Å². The van der Waals surface area contributed by atoms with Crippen LogP contribution < -0.4 is 10.6 Å². The van der Waals surface area contributed by atoms with Crippen LogP contribution in [0.5, 0.6) is 0 Å². The summed E-state index contributed by atoms with van der Waals surface area (Å²) in [6.45, 7) is 6.46. The molecule has 25 heavy (non-hydrogen) atoms. The van der Waals surface area contributed by atoms with Crippen LogP contribution in [0, 0.1) is 6.92 Å². The fraction of sp³-hybridized carbons (Fsp3) is 0.550. The zero-order chi connectivity index (χ0) is 17.6. The lowest BCUT2D eigenvalue weighted by molar-refractivity contribution is 0.101. The number of nitrogens with zero attached hydrogens (tertiary/aromatic N) is 1. The topological polar surface area (TPSA) is 60.2 Å². The first-order chi connectivity index (χ1) is 12.1. The molecule has 0 saturated carbocycles. The molecule has 1 saturated heterocycles. The van der Waals surface area contributed by atoms with Crippen molar-refractivity contribution in [2.75, 3.05) is 20.1 Å². The summed E-state index contributed by atoms with van der Waals surface area (Å²) in [5, 5.41) is 7.28. The third-order valence-electron chi connectivity index (χ3n) is 5.99. The molecule has 3 atom stereocenters. The number of aryl methyl sites for hydroxylation is 1. The maximum atomic E-state index is 11.9. The first-order valence-corrected chi connectivity index (χ1v) is 9.44. The largest absolute Gasteiger partial charge is 0.358 e. The Balaban J connectivity index is 1.74. The molecule has 2 aliphatic rings. The van der Waals surface area contributed by atoms with Crippen molar-refractivity contribution in [1.29, 1.82) is 0 Å². The lowest BCUT2D eigenvalue weighted by Gasteiger charge is -2.47. The first-order valence-electron chi connectivity index (χ1n) is 9.44. The van der Waals surface area contributed by atoms with E-state index in [9.17, 15) is 4.79 Å². The Hall–Kier alpha value is -2.01. The second-order valence-electron chi connectivity index (χ2n) is 7.53. The van der Waals surface area contributed by atoms with Gasteiger partial charge in [0.15, 0.2) is 0 Å². The number of carbonyl (C=O) groups is 1. The van der Waals surface area contributed by atoms with Gasteiger partial charge in [-0.15, -0.1) is 0 Å². The maximum Gasteiger partial charge on any atom is 0.314 e. The maximum absolute atomic E-state index is 11.9. The number of rotatable bonds is 3. The number of hydrogen-bond donors (Lipinski definition) is 3. The van der Waals surface area contributed by atoms with Gasteiger partial charge in [-0.1, -0.05) is 19.1 Å². The number of urea groups is 1. The first kappa shape index (κ1) is 16.5. The Morgan fingerprint density at radius 3 is 3.00 bits per heavy atom. The van der Waals surface area contributed by atoms with Gasteiger partial charge in [0.05, 0.1) is 0 Å². The number of fused-ring (bicyclic) bond motifs is 2. The summed E-state index contributed by atoms with van der Waals surface area (Å²) in [6, 6.07) is 7.30. The number of piperidine rings is 1. The average molecular weight is 340 g/mol. The normalized spacial score (nSPS) is 25.6. The van der Waals surface area contributed by atoms with Gasteiger partial charge in [-0.2, -0.15) is 0 Å². The average Bonchev–Trinajstić information content (AvgIpc) is 2.93. The van der Waals surface area contributed by atoms with Crippen molar-refractivity contribution in [3.8, 4) is 0 Å². The zero-order valence-electron chi connectivity index (χ0n) is 15.4. The minimum absolute atomic E-state index is 0.0768. The summed E-state index contributed by atoms with van der Waals surface area (Å²) < 4.78 is 0. The fourth-order valence-corrected chi connectivity index (χ4v) is 4.97. The Bertz CT molecular complexity index is 796. The van der Waals surface area contributed by atoms with Crippen LogP contribution in [0.3, 0.4) is 0 Å². The highest BCUT2D eigenvalue weighted by molar-refractivity contribution is 5.89. The molecular weight excluding hydrogens is 312 g/mol. The third kappa shape index (κ3) is 2.71. The number of likely N-dealkylation sites (tertiary alicyclic amines) is 1. The predicted octanol–water partition coefficient (Wildman–Crippen LogP) is 2.90. The van der Waals surface area contributed by atoms with E-state index in [1.165, 1.54) is 27.7 Å². The van der Waals surface area contributed by atoms with Gasteiger partial charge < -0.3 is 15.6 Å². The quantitative estimate of drug-likeness (QED) is 0.805. The second kappa shape index (κ2) is 6.37. The van der Waals surface area contributed by atoms with Crippen molar-refractivity contribution in [2.45, 2.75) is 51.1 Å². The van der Waals surface area contributed by atoms with Crippen molar-refractivity contribution in [3.05, 3.63) is 35.0 Å². The summed E-state index contributed by atoms with van der Waals surface area (Å²) in [4.78, 5) is 18.0. The zero-order valence-corrected chi connectivity index (χ0v) is 15.4. The summed E-state index contributed by atoms with van der Waals surface area (Å²) in [7, 11) is 1.68. The van der Waals surface area contributed by atoms with Gasteiger partial charge in [0.1, 0.15) is 0 Å². The summed E-state index contributed by atoms with van der Waals surface area (Å²) in [5.41, 5.74) is 5.51. The minimum Gasteiger partial charge on any atom is -0.358 e. The van der Waals surface area contributed by atoms with Gasteiger partial charge >= 0.3 is 6.03 Å². The van der Waals surface area contributed by atoms with E-state index in [-0.39, 0.29) is 12.1 Å². The molecule has 0 radical (unpaired) electrons. The molecule has 0 spiro atoms. The van der Waals surface area contributed by atoms with E-state index in [2.05, 4.69) is 52.6 Å². The van der Waals surface area contributed by atoms with Crippen LogP contribution in [0.25, 0.3) is 10.9 Å². The molecule has 4 rings (SSSR count). The Morgan fingerprint density at radius 1 is 1.40 bits per heavy atom. The van der Waals surface area contributed by atoms with Crippen LogP contribution in [0.2, 0.25) is 0 Å². The molecule has 0 bridgehead atoms. The number of benzene rings is 1. The van der Waals surface area contributed by atoms with Crippen molar-refractivity contribution >= 4 is 16.9 Å². The molecule has 5 heteroatoms. The highest BCUT2D eigenvalue weighted by Crippen LogP contribution is 2.44. The Labute approximate surface area is 149 Å². The molecular formula is C20H28N4O. The Kier molecular flexibility index (Phi) is 4.20. The number of hydrogen-bond acceptors (Lipinski definition) is 2. The van der Waals surface area contributed by atoms with Crippen molar-refractivity contribution < 1.29 is 4.79 Å². The number of amides is 2. The molecule has 2 amide bonds. The molecule has 1 fully saturated rings. The van der Waals surface area contributed by atoms with Gasteiger partial charge in [-0.05, 0) is 49.9 Å². The number of H-pyrrole nitrogens is 1. The predicted molar refractivity (Wildman–Crippen MR) is 101 cm³/mol. The Morgan fingerprint density at radius 2 is 2.24 bits per heavy atom. The van der Waals surface area contributed by atoms with E-state index in [1.54, 1.807) is 7.05 Å². The van der Waals surface area contributed by atoms with Crippen LogP contribution in [-0.4, -0.2) is 48.1 Å². The molecule has 2 heterocycles. The van der Waals surface area contributed by atoms with Gasteiger partial charge in [-0.25, -0.2) is 4.79 Å². The van der Waals surface area contributed by atoms with E-state index in [4.69, 9.17) is 0 Å². The van der Waals surface area contributed by atoms with Gasteiger partial charge in [0.2, 0.25) is 0 Å². The summed E-state index contributed by atoms with van der Waals surface area (Å²) in [5.74, 6) is 0.480. The minimum atomic E-state index is -0.0768. The fourth-order valence-electron chi connectivity index (χ4n) is 4.97. The van der Waals surface area contributed by atoms with Crippen LogP contribution in [0.4, 0.5) is 4.79 Å². The monoisotopic (exact) mass is 340 g/mol. The molecule has 2 aromatic rings. The van der Waals surface area contributed by atoms with Crippen LogP contribution in [0.15, 0.2) is 18.2 Å². The van der Waals surface area contributed by atoms with E-state index < -0.39 is 0 Å². The van der Waals surface area contributed by atoms with Crippen molar-refractivity contribution in [2.24, 2.45) is 0 Å². The number of aromatic nitrogens is 1. The molecule has 5 nitrogen and oxygen atoms in total. The number of aromatic amines is 1. The van der Waals surface area contributed by atoms with Gasteiger partial charge in [-0.3, -0.25) is 4.90 Å². The molecule has 1 aromatic carbocycles. The number of nitrogens with one attached hydrogen (secondary N) is 3. The molecule has 0 unspecified atom stereocenters. The molecule has 134 valence electrons. The highest BCUT2D eigenvalue weighted by atomic mass is 16.2.